The number of hydroxylamine groups is 1. The molecular formula is C23H25F2N5O3. The molecule has 3 N–H and O–H groups in total. The van der Waals surface area contributed by atoms with Crippen LogP contribution in [-0.2, 0) is 11.2 Å². The fourth-order valence-corrected chi connectivity index (χ4v) is 4.24. The lowest BCUT2D eigenvalue weighted by Crippen LogP contribution is -2.43. The highest BCUT2D eigenvalue weighted by molar-refractivity contribution is 5.81. The number of pyridine rings is 2. The summed E-state index contributed by atoms with van der Waals surface area (Å²) in [5.41, 5.74) is 5.49. The summed E-state index contributed by atoms with van der Waals surface area (Å²) in [6, 6.07) is 7.12. The summed E-state index contributed by atoms with van der Waals surface area (Å²) in [5, 5.41) is 6.10. The molecule has 8 nitrogen and oxygen atoms in total. The fraction of sp³-hybridized carbons (Fsp3) is 0.435. The molecule has 1 saturated heterocycles. The Morgan fingerprint density at radius 3 is 2.91 bits per heavy atom. The molecule has 0 radical (unpaired) electrons. The molecule has 1 amide bonds. The Morgan fingerprint density at radius 2 is 2.15 bits per heavy atom. The zero-order valence-corrected chi connectivity index (χ0v) is 18.2. The summed E-state index contributed by atoms with van der Waals surface area (Å²) >= 11 is 0. The van der Waals surface area contributed by atoms with Crippen molar-refractivity contribution in [1.29, 1.82) is 0 Å². The van der Waals surface area contributed by atoms with Crippen molar-refractivity contribution in [2.24, 2.45) is 0 Å². The summed E-state index contributed by atoms with van der Waals surface area (Å²) in [5.74, 6) is -1.19. The number of nitrogens with zero attached hydrogens (tertiary/aromatic N) is 2. The third-order valence-electron chi connectivity index (χ3n) is 5.89. The van der Waals surface area contributed by atoms with Crippen LogP contribution < -0.4 is 25.7 Å². The van der Waals surface area contributed by atoms with Gasteiger partial charge in [-0.2, -0.15) is 0 Å². The van der Waals surface area contributed by atoms with Gasteiger partial charge in [-0.1, -0.05) is 0 Å². The van der Waals surface area contributed by atoms with Gasteiger partial charge in [0, 0.05) is 54.9 Å². The molecule has 1 saturated carbocycles. The molecule has 2 aromatic rings. The van der Waals surface area contributed by atoms with Crippen LogP contribution in [0.3, 0.4) is 0 Å². The normalized spacial score (nSPS) is 21.2. The highest BCUT2D eigenvalue weighted by Crippen LogP contribution is 2.39. The van der Waals surface area contributed by atoms with Crippen LogP contribution in [0.25, 0.3) is 6.08 Å². The van der Waals surface area contributed by atoms with Crippen LogP contribution in [0.1, 0.15) is 48.0 Å². The Balaban J connectivity index is 1.23. The van der Waals surface area contributed by atoms with E-state index in [-0.39, 0.29) is 25.2 Å². The summed E-state index contributed by atoms with van der Waals surface area (Å²) < 4.78 is 31.8. The number of hydrogen-bond donors (Lipinski definition) is 3. The van der Waals surface area contributed by atoms with Crippen LogP contribution in [0.5, 0.6) is 11.5 Å². The maximum atomic E-state index is 13.1. The summed E-state index contributed by atoms with van der Waals surface area (Å²) in [4.78, 5) is 27.2. The second-order valence-electron chi connectivity index (χ2n) is 8.74. The van der Waals surface area contributed by atoms with Gasteiger partial charge in [-0.25, -0.2) is 19.2 Å². The molecule has 0 bridgehead atoms. The van der Waals surface area contributed by atoms with E-state index < -0.39 is 12.0 Å². The lowest BCUT2D eigenvalue weighted by Gasteiger charge is -2.34. The van der Waals surface area contributed by atoms with E-state index in [1.54, 1.807) is 25.1 Å². The first kappa shape index (κ1) is 21.6. The molecule has 0 aromatic carbocycles. The van der Waals surface area contributed by atoms with Gasteiger partial charge in [0.25, 0.3) is 5.92 Å². The number of halogens is 2. The molecule has 33 heavy (non-hydrogen) atoms. The van der Waals surface area contributed by atoms with Crippen LogP contribution in [0.4, 0.5) is 8.78 Å². The number of ether oxygens (including phenoxy) is 1. The van der Waals surface area contributed by atoms with E-state index in [9.17, 15) is 13.6 Å². The van der Waals surface area contributed by atoms with Crippen molar-refractivity contribution >= 4 is 12.0 Å². The van der Waals surface area contributed by atoms with Crippen molar-refractivity contribution in [2.45, 2.75) is 50.6 Å². The van der Waals surface area contributed by atoms with Crippen molar-refractivity contribution in [1.82, 2.24) is 26.1 Å². The second kappa shape index (κ2) is 8.58. The third kappa shape index (κ3) is 5.05. The molecule has 10 heteroatoms. The largest absolute Gasteiger partial charge is 0.490 e. The number of carbonyl (C=O) groups excluding carboxylic acids is 1. The molecule has 2 aliphatic heterocycles. The van der Waals surface area contributed by atoms with Crippen LogP contribution >= 0.6 is 0 Å². The van der Waals surface area contributed by atoms with Gasteiger partial charge in [-0.05, 0) is 32.0 Å². The molecule has 1 aliphatic carbocycles. The lowest BCUT2D eigenvalue weighted by molar-refractivity contribution is -0.134. The molecule has 174 valence electrons. The highest BCUT2D eigenvalue weighted by atomic mass is 19.3. The number of carbonyl (C=O) groups is 1. The number of aromatic nitrogens is 2. The van der Waals surface area contributed by atoms with Gasteiger partial charge >= 0.3 is 0 Å². The van der Waals surface area contributed by atoms with Crippen LogP contribution in [0.15, 0.2) is 30.1 Å². The van der Waals surface area contributed by atoms with E-state index in [1.807, 2.05) is 12.1 Å². The highest BCUT2D eigenvalue weighted by Gasteiger charge is 2.47. The predicted molar refractivity (Wildman–Crippen MR) is 116 cm³/mol. The number of fused-ring (bicyclic) bond motifs is 1. The number of alkyl halides is 2. The molecule has 5 rings (SSSR count). The maximum Gasteiger partial charge on any atom is 0.255 e. The van der Waals surface area contributed by atoms with Crippen molar-refractivity contribution in [3.8, 4) is 11.5 Å². The molecule has 0 spiro atoms. The first-order valence-electron chi connectivity index (χ1n) is 11.0. The number of hydrogen-bond acceptors (Lipinski definition) is 7. The van der Waals surface area contributed by atoms with E-state index >= 15 is 0 Å². The molecule has 2 aromatic heterocycles. The minimum Gasteiger partial charge on any atom is -0.490 e. The molecular weight excluding hydrogens is 432 g/mol. The van der Waals surface area contributed by atoms with Crippen molar-refractivity contribution < 1.29 is 23.1 Å². The van der Waals surface area contributed by atoms with Crippen LogP contribution in [0, 0.1) is 6.92 Å². The van der Waals surface area contributed by atoms with E-state index in [1.165, 1.54) is 0 Å². The zero-order valence-electron chi connectivity index (χ0n) is 18.2. The Morgan fingerprint density at radius 1 is 1.30 bits per heavy atom. The summed E-state index contributed by atoms with van der Waals surface area (Å²) in [7, 11) is 0. The Bertz CT molecular complexity index is 1090. The van der Waals surface area contributed by atoms with Gasteiger partial charge in [-0.15, -0.1) is 0 Å². The number of nitrogens with one attached hydrogen (secondary N) is 3. The van der Waals surface area contributed by atoms with Gasteiger partial charge in [-0.3, -0.25) is 9.78 Å². The quantitative estimate of drug-likeness (QED) is 0.614. The number of aryl methyl sites for hydroxylation is 1. The molecule has 1 atom stereocenters. The average Bonchev–Trinajstić information content (AvgIpc) is 3.26. The molecule has 2 fully saturated rings. The van der Waals surface area contributed by atoms with E-state index in [0.717, 1.165) is 25.2 Å². The third-order valence-corrected chi connectivity index (χ3v) is 5.89. The van der Waals surface area contributed by atoms with Gasteiger partial charge in [0.2, 0.25) is 5.91 Å². The predicted octanol–water partition coefficient (Wildman–Crippen LogP) is 2.59. The summed E-state index contributed by atoms with van der Waals surface area (Å²) in [6.07, 6.45) is 1.66. The van der Waals surface area contributed by atoms with Crippen LogP contribution in [-0.4, -0.2) is 41.0 Å². The standard InChI is InChI=1S/C23H25F2N5O3/c1-13-6-16(32-17-10-23(24,25)11-17)7-15(27-13)8-22(31)29-21-9-19-20(33-30-21)3-2-18(28-19)14-4-5-26-12-14/h2-3,6-7,9,14,17,26,30H,4-5,8,10-12H2,1H3,(H,29,31). The van der Waals surface area contributed by atoms with Crippen molar-refractivity contribution in [3.63, 3.8) is 0 Å². The van der Waals surface area contributed by atoms with Gasteiger partial charge < -0.3 is 20.2 Å². The van der Waals surface area contributed by atoms with Gasteiger partial charge in [0.1, 0.15) is 23.4 Å². The lowest BCUT2D eigenvalue weighted by atomic mass is 9.91. The Labute approximate surface area is 189 Å². The summed E-state index contributed by atoms with van der Waals surface area (Å²) in [6.45, 7) is 3.64. The van der Waals surface area contributed by atoms with Crippen LogP contribution in [0.2, 0.25) is 0 Å². The first-order chi connectivity index (χ1) is 15.8. The van der Waals surface area contributed by atoms with Crippen molar-refractivity contribution in [2.75, 3.05) is 13.1 Å². The smallest absolute Gasteiger partial charge is 0.255 e. The minimum absolute atomic E-state index is 0.00798. The SMILES string of the molecule is Cc1cc(OC2CC(F)(F)C2)cc(CC(=O)NC2=Cc3nc(C4CCNC4)ccc3ON2)n1. The second-order valence-corrected chi connectivity index (χ2v) is 8.74. The Hall–Kier alpha value is -3.27. The zero-order chi connectivity index (χ0) is 23.0. The number of rotatable bonds is 6. The average molecular weight is 457 g/mol. The molecule has 4 heterocycles. The fourth-order valence-electron chi connectivity index (χ4n) is 4.24. The van der Waals surface area contributed by atoms with E-state index in [0.29, 0.717) is 40.3 Å². The monoisotopic (exact) mass is 457 g/mol. The first-order valence-corrected chi connectivity index (χ1v) is 11.0. The van der Waals surface area contributed by atoms with Crippen molar-refractivity contribution in [3.05, 3.63) is 52.9 Å². The van der Waals surface area contributed by atoms with Gasteiger partial charge in [0.15, 0.2) is 5.75 Å². The molecule has 3 aliphatic rings. The topological polar surface area (TPSA) is 97.4 Å². The minimum atomic E-state index is -2.65. The number of amides is 1. The van der Waals surface area contributed by atoms with Gasteiger partial charge in [0.05, 0.1) is 12.1 Å². The van der Waals surface area contributed by atoms with E-state index in [4.69, 9.17) is 14.6 Å². The maximum absolute atomic E-state index is 13.1. The Kier molecular flexibility index (Phi) is 5.61. The molecule has 1 unspecified atom stereocenters. The van der Waals surface area contributed by atoms with E-state index in [2.05, 4.69) is 21.1 Å².